The quantitative estimate of drug-likeness (QED) is 0.764. The zero-order valence-corrected chi connectivity index (χ0v) is 16.1. The summed E-state index contributed by atoms with van der Waals surface area (Å²) >= 11 is 0. The van der Waals surface area contributed by atoms with Crippen LogP contribution in [0.4, 0.5) is 18.9 Å². The van der Waals surface area contributed by atoms with E-state index in [1.54, 1.807) is 0 Å². The van der Waals surface area contributed by atoms with Gasteiger partial charge in [0.25, 0.3) is 5.91 Å². The minimum atomic E-state index is -4.44. The van der Waals surface area contributed by atoms with Crippen molar-refractivity contribution in [3.63, 3.8) is 0 Å². The van der Waals surface area contributed by atoms with Gasteiger partial charge in [-0.1, -0.05) is 0 Å². The molecule has 0 spiro atoms. The molecule has 0 unspecified atom stereocenters. The highest BCUT2D eigenvalue weighted by Crippen LogP contribution is 2.29. The second kappa shape index (κ2) is 8.42. The van der Waals surface area contributed by atoms with Gasteiger partial charge in [0.05, 0.1) is 10.5 Å². The van der Waals surface area contributed by atoms with Crippen LogP contribution in [0.5, 0.6) is 5.75 Å². The summed E-state index contributed by atoms with van der Waals surface area (Å²) in [4.78, 5) is 12.1. The molecule has 1 N–H and O–H groups in total. The number of amides is 1. The fourth-order valence-corrected chi connectivity index (χ4v) is 4.39. The van der Waals surface area contributed by atoms with Gasteiger partial charge in [0.1, 0.15) is 5.75 Å². The molecule has 3 rings (SSSR count). The van der Waals surface area contributed by atoms with E-state index in [1.807, 2.05) is 0 Å². The number of rotatable bonds is 6. The average Bonchev–Trinajstić information content (AvgIpc) is 3.22. The average molecular weight is 428 g/mol. The zero-order chi connectivity index (χ0) is 21.1. The molecular formula is C19H19F3N2O4S. The number of ether oxygens (including phenoxy) is 1. The molecule has 6 nitrogen and oxygen atoms in total. The third-order valence-corrected chi connectivity index (χ3v) is 6.31. The molecule has 2 aromatic carbocycles. The molecule has 0 bridgehead atoms. The molecule has 1 saturated heterocycles. The van der Waals surface area contributed by atoms with E-state index < -0.39 is 27.7 Å². The Balaban J connectivity index is 1.54. The number of alkyl halides is 3. The predicted molar refractivity (Wildman–Crippen MR) is 100 cm³/mol. The van der Waals surface area contributed by atoms with Crippen molar-refractivity contribution in [3.05, 3.63) is 54.1 Å². The van der Waals surface area contributed by atoms with Crippen LogP contribution in [-0.4, -0.2) is 38.3 Å². The minimum Gasteiger partial charge on any atom is -0.484 e. The molecule has 0 aromatic heterocycles. The van der Waals surface area contributed by atoms with Crippen LogP contribution in [0.15, 0.2) is 53.4 Å². The topological polar surface area (TPSA) is 75.7 Å². The maximum Gasteiger partial charge on any atom is 0.416 e. The molecular weight excluding hydrogens is 409 g/mol. The smallest absolute Gasteiger partial charge is 0.416 e. The maximum absolute atomic E-state index is 12.5. The van der Waals surface area contributed by atoms with Crippen LogP contribution in [-0.2, 0) is 21.0 Å². The summed E-state index contributed by atoms with van der Waals surface area (Å²) in [6.45, 7) is 0.634. The van der Waals surface area contributed by atoms with Gasteiger partial charge in [-0.3, -0.25) is 4.79 Å². The van der Waals surface area contributed by atoms with E-state index in [0.717, 1.165) is 37.1 Å². The van der Waals surface area contributed by atoms with Crippen molar-refractivity contribution >= 4 is 21.6 Å². The molecule has 0 aliphatic carbocycles. The van der Waals surface area contributed by atoms with Crippen molar-refractivity contribution in [2.45, 2.75) is 23.9 Å². The Kier molecular flexibility index (Phi) is 6.13. The van der Waals surface area contributed by atoms with Crippen LogP contribution < -0.4 is 10.1 Å². The maximum atomic E-state index is 12.5. The summed E-state index contributed by atoms with van der Waals surface area (Å²) in [6, 6.07) is 9.78. The fourth-order valence-electron chi connectivity index (χ4n) is 2.87. The Morgan fingerprint density at radius 2 is 1.59 bits per heavy atom. The number of hydrogen-bond acceptors (Lipinski definition) is 4. The van der Waals surface area contributed by atoms with Crippen molar-refractivity contribution in [2.75, 3.05) is 25.0 Å². The van der Waals surface area contributed by atoms with Crippen LogP contribution in [0.25, 0.3) is 0 Å². The van der Waals surface area contributed by atoms with E-state index in [4.69, 9.17) is 4.74 Å². The molecule has 1 aliphatic heterocycles. The van der Waals surface area contributed by atoms with E-state index in [-0.39, 0.29) is 17.2 Å². The second-order valence-corrected chi connectivity index (χ2v) is 8.43. The predicted octanol–water partition coefficient (Wildman–Crippen LogP) is 3.51. The molecule has 0 saturated carbocycles. The Hall–Kier alpha value is -2.59. The number of benzene rings is 2. The SMILES string of the molecule is O=C(COc1ccc(S(=O)(=O)N2CCCC2)cc1)Nc1ccc(C(F)(F)F)cc1. The lowest BCUT2D eigenvalue weighted by molar-refractivity contribution is -0.137. The molecule has 0 atom stereocenters. The summed E-state index contributed by atoms with van der Waals surface area (Å²) in [5.74, 6) is -0.258. The van der Waals surface area contributed by atoms with Crippen LogP contribution in [0.3, 0.4) is 0 Å². The van der Waals surface area contributed by atoms with Gasteiger partial charge in [-0.2, -0.15) is 17.5 Å². The summed E-state index contributed by atoms with van der Waals surface area (Å²) in [7, 11) is -3.52. The van der Waals surface area contributed by atoms with Crippen LogP contribution >= 0.6 is 0 Å². The number of hydrogen-bond donors (Lipinski definition) is 1. The van der Waals surface area contributed by atoms with Gasteiger partial charge >= 0.3 is 6.18 Å². The lowest BCUT2D eigenvalue weighted by atomic mass is 10.2. The minimum absolute atomic E-state index is 0.154. The van der Waals surface area contributed by atoms with Crippen LogP contribution in [0.2, 0.25) is 0 Å². The number of carbonyl (C=O) groups is 1. The first-order chi connectivity index (χ1) is 13.7. The van der Waals surface area contributed by atoms with Gasteiger partial charge in [0.2, 0.25) is 10.0 Å². The Labute approximate surface area is 166 Å². The Morgan fingerprint density at radius 1 is 1.00 bits per heavy atom. The molecule has 10 heteroatoms. The van der Waals surface area contributed by atoms with Crippen LogP contribution in [0, 0.1) is 0 Å². The number of nitrogens with zero attached hydrogens (tertiary/aromatic N) is 1. The monoisotopic (exact) mass is 428 g/mol. The zero-order valence-electron chi connectivity index (χ0n) is 15.3. The molecule has 2 aromatic rings. The standard InChI is InChI=1S/C19H19F3N2O4S/c20-19(21,22)14-3-5-15(6-4-14)23-18(25)13-28-16-7-9-17(10-8-16)29(26,27)24-11-1-2-12-24/h3-10H,1-2,11-13H2,(H,23,25). The third-order valence-electron chi connectivity index (χ3n) is 4.39. The van der Waals surface area contributed by atoms with E-state index in [1.165, 1.54) is 28.6 Å². The first-order valence-electron chi connectivity index (χ1n) is 8.86. The lowest BCUT2D eigenvalue weighted by Crippen LogP contribution is -2.27. The summed E-state index contributed by atoms with van der Waals surface area (Å²) in [5.41, 5.74) is -0.602. The van der Waals surface area contributed by atoms with Gasteiger partial charge in [-0.05, 0) is 61.4 Å². The summed E-state index contributed by atoms with van der Waals surface area (Å²) in [6.07, 6.45) is -2.76. The third kappa shape index (κ3) is 5.27. The molecule has 0 radical (unpaired) electrons. The van der Waals surface area contributed by atoms with Gasteiger partial charge in [0, 0.05) is 18.8 Å². The van der Waals surface area contributed by atoms with Gasteiger partial charge in [-0.15, -0.1) is 0 Å². The molecule has 156 valence electrons. The first kappa shape index (κ1) is 21.1. The Bertz CT molecular complexity index is 952. The molecule has 1 aliphatic rings. The lowest BCUT2D eigenvalue weighted by Gasteiger charge is -2.15. The van der Waals surface area contributed by atoms with Gasteiger partial charge < -0.3 is 10.1 Å². The number of nitrogens with one attached hydrogen (secondary N) is 1. The van der Waals surface area contributed by atoms with Crippen molar-refractivity contribution in [3.8, 4) is 5.75 Å². The van der Waals surface area contributed by atoms with Gasteiger partial charge in [0.15, 0.2) is 6.61 Å². The number of anilines is 1. The number of halogens is 3. The largest absolute Gasteiger partial charge is 0.484 e. The van der Waals surface area contributed by atoms with E-state index in [2.05, 4.69) is 5.32 Å². The van der Waals surface area contributed by atoms with Crippen molar-refractivity contribution in [1.82, 2.24) is 4.31 Å². The van der Waals surface area contributed by atoms with Crippen molar-refractivity contribution in [1.29, 1.82) is 0 Å². The van der Waals surface area contributed by atoms with E-state index >= 15 is 0 Å². The van der Waals surface area contributed by atoms with Crippen LogP contribution in [0.1, 0.15) is 18.4 Å². The van der Waals surface area contributed by atoms with Crippen molar-refractivity contribution in [2.24, 2.45) is 0 Å². The molecule has 29 heavy (non-hydrogen) atoms. The van der Waals surface area contributed by atoms with Gasteiger partial charge in [-0.25, -0.2) is 8.42 Å². The van der Waals surface area contributed by atoms with Crippen molar-refractivity contribution < 1.29 is 31.1 Å². The highest BCUT2D eigenvalue weighted by molar-refractivity contribution is 7.89. The van der Waals surface area contributed by atoms with E-state index in [0.29, 0.717) is 18.8 Å². The Morgan fingerprint density at radius 3 is 2.14 bits per heavy atom. The molecule has 1 amide bonds. The summed E-state index contributed by atoms with van der Waals surface area (Å²) < 4.78 is 69.2. The summed E-state index contributed by atoms with van der Waals surface area (Å²) in [5, 5.41) is 2.43. The first-order valence-corrected chi connectivity index (χ1v) is 10.3. The fraction of sp³-hybridized carbons (Fsp3) is 0.316. The highest BCUT2D eigenvalue weighted by atomic mass is 32.2. The second-order valence-electron chi connectivity index (χ2n) is 6.49. The molecule has 1 heterocycles. The highest BCUT2D eigenvalue weighted by Gasteiger charge is 2.30. The number of sulfonamides is 1. The number of carbonyl (C=O) groups excluding carboxylic acids is 1. The normalized spacial score (nSPS) is 15.3. The van der Waals surface area contributed by atoms with E-state index in [9.17, 15) is 26.4 Å². The molecule has 1 fully saturated rings.